The molecule has 172 valence electrons. The minimum Gasteiger partial charge on any atom is -0.394 e. The van der Waals surface area contributed by atoms with Crippen molar-refractivity contribution in [3.05, 3.63) is 52.1 Å². The van der Waals surface area contributed by atoms with Crippen LogP contribution in [0.5, 0.6) is 0 Å². The molecular formula is C23H27F2N3O4. The molecular weight excluding hydrogens is 420 g/mol. The van der Waals surface area contributed by atoms with Gasteiger partial charge < -0.3 is 20.3 Å². The molecule has 1 aromatic carbocycles. The van der Waals surface area contributed by atoms with Gasteiger partial charge in [-0.2, -0.15) is 0 Å². The molecule has 1 fully saturated rings. The molecule has 3 rings (SSSR count). The maximum Gasteiger partial charge on any atom is 0.294 e. The Kier molecular flexibility index (Phi) is 5.99. The number of amides is 2. The Labute approximate surface area is 184 Å². The number of nitrogens with zero attached hydrogens (tertiary/aromatic N) is 1. The maximum atomic E-state index is 13.9. The third-order valence-corrected chi connectivity index (χ3v) is 6.09. The molecule has 1 aromatic heterocycles. The van der Waals surface area contributed by atoms with Crippen molar-refractivity contribution in [1.82, 2.24) is 9.88 Å². The first kappa shape index (κ1) is 23.6. The summed E-state index contributed by atoms with van der Waals surface area (Å²) in [6, 6.07) is 4.17. The molecule has 0 aliphatic heterocycles. The normalized spacial score (nSPS) is 22.2. The lowest BCUT2D eigenvalue weighted by atomic mass is 9.67. The first-order chi connectivity index (χ1) is 14.8. The van der Waals surface area contributed by atoms with E-state index in [-0.39, 0.29) is 24.1 Å². The van der Waals surface area contributed by atoms with Crippen molar-refractivity contribution in [3.63, 3.8) is 0 Å². The number of carbonyl (C=O) groups excluding carboxylic acids is 3. The number of Topliss-reactive ketones (excluding diaryl/α,β-unsaturated/α-hetero) is 1. The fraction of sp³-hybridized carbons (Fsp3) is 0.435. The number of hydrogen-bond acceptors (Lipinski definition) is 4. The van der Waals surface area contributed by atoms with E-state index < -0.39 is 41.2 Å². The van der Waals surface area contributed by atoms with Gasteiger partial charge in [-0.1, -0.05) is 0 Å². The number of halogens is 2. The molecule has 9 heteroatoms. The molecule has 0 spiro atoms. The largest absolute Gasteiger partial charge is 0.394 e. The van der Waals surface area contributed by atoms with Gasteiger partial charge in [0.25, 0.3) is 17.6 Å². The molecule has 2 amide bonds. The predicted octanol–water partition coefficient (Wildman–Crippen LogP) is 2.89. The summed E-state index contributed by atoms with van der Waals surface area (Å²) in [5.41, 5.74) is -0.902. The van der Waals surface area contributed by atoms with Crippen molar-refractivity contribution >= 4 is 23.3 Å². The van der Waals surface area contributed by atoms with E-state index in [1.807, 2.05) is 0 Å². The van der Waals surface area contributed by atoms with Gasteiger partial charge in [-0.15, -0.1) is 0 Å². The molecule has 1 heterocycles. The number of aliphatic hydroxyl groups is 1. The lowest BCUT2D eigenvalue weighted by molar-refractivity contribution is -0.125. The van der Waals surface area contributed by atoms with E-state index in [4.69, 9.17) is 0 Å². The Morgan fingerprint density at radius 1 is 1.19 bits per heavy atom. The number of nitrogens with one attached hydrogen (secondary N) is 2. The van der Waals surface area contributed by atoms with Crippen LogP contribution < -0.4 is 10.6 Å². The second kappa shape index (κ2) is 8.12. The van der Waals surface area contributed by atoms with E-state index in [9.17, 15) is 28.3 Å². The maximum absolute atomic E-state index is 13.9. The monoisotopic (exact) mass is 447 g/mol. The zero-order chi connectivity index (χ0) is 24.0. The quantitative estimate of drug-likeness (QED) is 0.468. The Morgan fingerprint density at radius 2 is 1.81 bits per heavy atom. The molecule has 1 aliphatic carbocycles. The molecule has 0 saturated heterocycles. The number of carbonyl (C=O) groups is 3. The molecule has 1 saturated carbocycles. The number of aromatic nitrogens is 1. The highest BCUT2D eigenvalue weighted by Gasteiger charge is 2.53. The number of benzene rings is 1. The molecule has 3 N–H and O–H groups in total. The van der Waals surface area contributed by atoms with Gasteiger partial charge in [0.15, 0.2) is 0 Å². The fourth-order valence-corrected chi connectivity index (χ4v) is 4.55. The van der Waals surface area contributed by atoms with Crippen molar-refractivity contribution in [2.24, 2.45) is 7.05 Å². The molecule has 1 aliphatic rings. The second-order valence-electron chi connectivity index (χ2n) is 8.90. The van der Waals surface area contributed by atoms with Gasteiger partial charge in [-0.3, -0.25) is 14.4 Å². The van der Waals surface area contributed by atoms with Gasteiger partial charge in [-0.25, -0.2) is 8.78 Å². The summed E-state index contributed by atoms with van der Waals surface area (Å²) in [5.74, 6) is -2.75. The smallest absolute Gasteiger partial charge is 0.294 e. The summed E-state index contributed by atoms with van der Waals surface area (Å²) in [6.45, 7) is 5.66. The number of alkyl halides is 1. The average Bonchev–Trinajstić information content (AvgIpc) is 2.91. The van der Waals surface area contributed by atoms with E-state index >= 15 is 0 Å². The number of hydrogen-bond donors (Lipinski definition) is 3. The number of anilines is 1. The van der Waals surface area contributed by atoms with Gasteiger partial charge in [0.2, 0.25) is 0 Å². The van der Waals surface area contributed by atoms with Crippen LogP contribution in [0.25, 0.3) is 0 Å². The minimum atomic E-state index is -1.51. The van der Waals surface area contributed by atoms with Crippen LogP contribution in [-0.2, 0) is 11.8 Å². The number of rotatable bonds is 6. The number of aliphatic hydroxyl groups excluding tert-OH is 1. The zero-order valence-electron chi connectivity index (χ0n) is 18.7. The van der Waals surface area contributed by atoms with Gasteiger partial charge in [-0.05, 0) is 57.0 Å². The van der Waals surface area contributed by atoms with Crippen molar-refractivity contribution in [3.8, 4) is 0 Å². The standard InChI is InChI=1S/C23H27F2N3O4/c1-12-8-15(6-7-16(12)24)26-20(31)17-13(2)18(28(5)14(17)3)19(30)21(32)27-23(11-29)9-22(4,25)10-23/h6-8,29H,9-11H2,1-5H3,(H,26,31)(H,27,32). The molecule has 7 nitrogen and oxygen atoms in total. The van der Waals surface area contributed by atoms with Crippen molar-refractivity contribution in [2.75, 3.05) is 11.9 Å². The number of aryl methyl sites for hydroxylation is 1. The summed E-state index contributed by atoms with van der Waals surface area (Å²) in [4.78, 5) is 38.5. The fourth-order valence-electron chi connectivity index (χ4n) is 4.55. The van der Waals surface area contributed by atoms with Crippen LogP contribution in [0, 0.1) is 26.6 Å². The second-order valence-corrected chi connectivity index (χ2v) is 8.90. The zero-order valence-corrected chi connectivity index (χ0v) is 18.7. The van der Waals surface area contributed by atoms with Gasteiger partial charge in [0.1, 0.15) is 11.5 Å². The third kappa shape index (κ3) is 4.17. The highest BCUT2D eigenvalue weighted by atomic mass is 19.1. The van der Waals surface area contributed by atoms with Crippen LogP contribution in [-0.4, -0.2) is 45.1 Å². The third-order valence-electron chi connectivity index (χ3n) is 6.09. The van der Waals surface area contributed by atoms with Crippen LogP contribution in [0.4, 0.5) is 14.5 Å². The first-order valence-corrected chi connectivity index (χ1v) is 10.2. The summed E-state index contributed by atoms with van der Waals surface area (Å²) in [6.07, 6.45) is -0.184. The number of ketones is 1. The summed E-state index contributed by atoms with van der Waals surface area (Å²) in [7, 11) is 1.56. The van der Waals surface area contributed by atoms with Crippen LogP contribution in [0.15, 0.2) is 18.2 Å². The highest BCUT2D eigenvalue weighted by molar-refractivity contribution is 6.43. The minimum absolute atomic E-state index is 0.0239. The lowest BCUT2D eigenvalue weighted by Gasteiger charge is -2.49. The first-order valence-electron chi connectivity index (χ1n) is 10.2. The molecule has 0 bridgehead atoms. The van der Waals surface area contributed by atoms with Gasteiger partial charge in [0.05, 0.1) is 23.4 Å². The summed E-state index contributed by atoms with van der Waals surface area (Å²) in [5, 5.41) is 14.8. The van der Waals surface area contributed by atoms with Crippen LogP contribution in [0.2, 0.25) is 0 Å². The lowest BCUT2D eigenvalue weighted by Crippen LogP contribution is -2.65. The van der Waals surface area contributed by atoms with Crippen LogP contribution in [0.3, 0.4) is 0 Å². The van der Waals surface area contributed by atoms with E-state index in [0.717, 1.165) is 0 Å². The summed E-state index contributed by atoms with van der Waals surface area (Å²) >= 11 is 0. The van der Waals surface area contributed by atoms with Gasteiger partial charge in [0, 0.05) is 31.3 Å². The SMILES string of the molecule is Cc1cc(NC(=O)c2c(C)c(C(=O)C(=O)NC3(CO)CC(C)(F)C3)n(C)c2C)ccc1F. The molecule has 2 aromatic rings. The van der Waals surface area contributed by atoms with Crippen LogP contribution in [0.1, 0.15) is 57.4 Å². The van der Waals surface area contributed by atoms with E-state index in [2.05, 4.69) is 10.6 Å². The Balaban J connectivity index is 1.85. The average molecular weight is 447 g/mol. The molecule has 32 heavy (non-hydrogen) atoms. The van der Waals surface area contributed by atoms with Crippen molar-refractivity contribution in [2.45, 2.75) is 51.7 Å². The van der Waals surface area contributed by atoms with Crippen molar-refractivity contribution in [1.29, 1.82) is 0 Å². The topological polar surface area (TPSA) is 100 Å². The Bertz CT molecular complexity index is 1110. The highest BCUT2D eigenvalue weighted by Crippen LogP contribution is 2.43. The molecule has 0 unspecified atom stereocenters. The molecule has 0 radical (unpaired) electrons. The van der Waals surface area contributed by atoms with E-state index in [1.54, 1.807) is 27.8 Å². The predicted molar refractivity (Wildman–Crippen MR) is 115 cm³/mol. The van der Waals surface area contributed by atoms with Gasteiger partial charge >= 0.3 is 0 Å². The van der Waals surface area contributed by atoms with Crippen LogP contribution >= 0.6 is 0 Å². The van der Waals surface area contributed by atoms with E-state index in [0.29, 0.717) is 22.5 Å². The van der Waals surface area contributed by atoms with Crippen molar-refractivity contribution < 1.29 is 28.3 Å². The Morgan fingerprint density at radius 3 is 2.34 bits per heavy atom. The summed E-state index contributed by atoms with van der Waals surface area (Å²) < 4.78 is 28.9. The Hall–Kier alpha value is -3.07. The van der Waals surface area contributed by atoms with E-state index in [1.165, 1.54) is 29.7 Å². The molecule has 0 atom stereocenters.